The van der Waals surface area contributed by atoms with Gasteiger partial charge in [0.05, 0.1) is 14.2 Å². The van der Waals surface area contributed by atoms with Crippen LogP contribution in [0.25, 0.3) is 11.4 Å². The monoisotopic (exact) mass is 390 g/mol. The Hall–Kier alpha value is -2.34. The zero-order valence-corrected chi connectivity index (χ0v) is 14.9. The lowest BCUT2D eigenvalue weighted by molar-refractivity contribution is 0.396. The van der Waals surface area contributed by atoms with Gasteiger partial charge < -0.3 is 14.0 Å². The summed E-state index contributed by atoms with van der Waals surface area (Å²) in [7, 11) is 3.21. The quantitative estimate of drug-likeness (QED) is 0.642. The minimum atomic E-state index is -0.282. The lowest BCUT2D eigenvalue weighted by Crippen LogP contribution is -2.04. The van der Waals surface area contributed by atoms with Crippen molar-refractivity contribution in [2.45, 2.75) is 6.54 Å². The van der Waals surface area contributed by atoms with E-state index in [1.54, 1.807) is 20.4 Å². The van der Waals surface area contributed by atoms with Gasteiger partial charge in [0.2, 0.25) is 0 Å². The van der Waals surface area contributed by atoms with E-state index in [2.05, 4.69) is 20.9 Å². The SMILES string of the molecule is COc1cccc(OC)c1-c1nccn1Cc1cc(F)cc(Br)c1. The van der Waals surface area contributed by atoms with Crippen LogP contribution in [0.15, 0.2) is 53.3 Å². The fraction of sp³-hybridized carbons (Fsp3) is 0.167. The van der Waals surface area contributed by atoms with Gasteiger partial charge in [-0.05, 0) is 35.9 Å². The molecule has 0 saturated carbocycles. The fourth-order valence-corrected chi connectivity index (χ4v) is 3.15. The van der Waals surface area contributed by atoms with E-state index in [0.29, 0.717) is 28.3 Å². The highest BCUT2D eigenvalue weighted by molar-refractivity contribution is 9.10. The van der Waals surface area contributed by atoms with Crippen molar-refractivity contribution in [1.29, 1.82) is 0 Å². The Morgan fingerprint density at radius 3 is 2.46 bits per heavy atom. The maximum atomic E-state index is 13.6. The maximum Gasteiger partial charge on any atom is 0.147 e. The van der Waals surface area contributed by atoms with E-state index in [-0.39, 0.29) is 5.82 Å². The van der Waals surface area contributed by atoms with Crippen LogP contribution >= 0.6 is 15.9 Å². The maximum absolute atomic E-state index is 13.6. The molecule has 24 heavy (non-hydrogen) atoms. The van der Waals surface area contributed by atoms with E-state index in [1.807, 2.05) is 35.0 Å². The molecule has 0 bridgehead atoms. The lowest BCUT2D eigenvalue weighted by Gasteiger charge is -2.14. The molecule has 3 aromatic rings. The number of imidazole rings is 1. The van der Waals surface area contributed by atoms with Gasteiger partial charge >= 0.3 is 0 Å². The normalized spacial score (nSPS) is 10.7. The molecule has 6 heteroatoms. The van der Waals surface area contributed by atoms with Gasteiger partial charge in [-0.1, -0.05) is 22.0 Å². The molecule has 2 aromatic carbocycles. The average molecular weight is 391 g/mol. The van der Waals surface area contributed by atoms with Crippen LogP contribution in [0, 0.1) is 5.82 Å². The first-order valence-electron chi connectivity index (χ1n) is 7.30. The van der Waals surface area contributed by atoms with Crippen LogP contribution in [0.5, 0.6) is 11.5 Å². The topological polar surface area (TPSA) is 36.3 Å². The predicted molar refractivity (Wildman–Crippen MR) is 94.0 cm³/mol. The Labute approximate surface area is 148 Å². The lowest BCUT2D eigenvalue weighted by atomic mass is 10.1. The number of halogens is 2. The van der Waals surface area contributed by atoms with E-state index in [4.69, 9.17) is 9.47 Å². The van der Waals surface area contributed by atoms with E-state index in [1.165, 1.54) is 12.1 Å². The molecule has 0 radical (unpaired) electrons. The van der Waals surface area contributed by atoms with Crippen molar-refractivity contribution in [2.24, 2.45) is 0 Å². The van der Waals surface area contributed by atoms with Crippen LogP contribution in [0.2, 0.25) is 0 Å². The number of benzene rings is 2. The zero-order valence-electron chi connectivity index (χ0n) is 13.3. The number of hydrogen-bond donors (Lipinski definition) is 0. The van der Waals surface area contributed by atoms with Gasteiger partial charge in [0.1, 0.15) is 28.7 Å². The third-order valence-corrected chi connectivity index (χ3v) is 4.10. The number of methoxy groups -OCH3 is 2. The van der Waals surface area contributed by atoms with Crippen molar-refractivity contribution >= 4 is 15.9 Å². The van der Waals surface area contributed by atoms with Crippen molar-refractivity contribution in [1.82, 2.24) is 9.55 Å². The summed E-state index contributed by atoms with van der Waals surface area (Å²) >= 11 is 3.32. The van der Waals surface area contributed by atoms with Crippen LogP contribution in [0.3, 0.4) is 0 Å². The molecule has 0 N–H and O–H groups in total. The van der Waals surface area contributed by atoms with Crippen LogP contribution in [-0.4, -0.2) is 23.8 Å². The molecule has 0 atom stereocenters. The average Bonchev–Trinajstić information content (AvgIpc) is 3.00. The van der Waals surface area contributed by atoms with Gasteiger partial charge in [0, 0.05) is 23.4 Å². The van der Waals surface area contributed by atoms with Crippen LogP contribution in [0.4, 0.5) is 4.39 Å². The van der Waals surface area contributed by atoms with Gasteiger partial charge in [-0.2, -0.15) is 0 Å². The second-order valence-corrected chi connectivity index (χ2v) is 6.11. The van der Waals surface area contributed by atoms with E-state index >= 15 is 0 Å². The molecule has 0 amide bonds. The summed E-state index contributed by atoms with van der Waals surface area (Å²) in [6.45, 7) is 0.479. The minimum absolute atomic E-state index is 0.282. The molecule has 0 aliphatic carbocycles. The molecule has 0 saturated heterocycles. The predicted octanol–water partition coefficient (Wildman–Crippen LogP) is 4.52. The van der Waals surface area contributed by atoms with Crippen molar-refractivity contribution in [2.75, 3.05) is 14.2 Å². The Bertz CT molecular complexity index is 821. The molecule has 3 rings (SSSR count). The van der Waals surface area contributed by atoms with E-state index in [0.717, 1.165) is 11.1 Å². The van der Waals surface area contributed by atoms with Gasteiger partial charge in [-0.25, -0.2) is 9.37 Å². The summed E-state index contributed by atoms with van der Waals surface area (Å²) in [5, 5.41) is 0. The molecule has 0 fully saturated rings. The highest BCUT2D eigenvalue weighted by atomic mass is 79.9. The first kappa shape index (κ1) is 16.5. The molecule has 1 heterocycles. The smallest absolute Gasteiger partial charge is 0.147 e. The molecule has 0 unspecified atom stereocenters. The summed E-state index contributed by atoms with van der Waals surface area (Å²) in [5.41, 5.74) is 1.60. The highest BCUT2D eigenvalue weighted by Crippen LogP contribution is 2.37. The van der Waals surface area contributed by atoms with Gasteiger partial charge in [0.25, 0.3) is 0 Å². The van der Waals surface area contributed by atoms with Gasteiger partial charge in [-0.3, -0.25) is 0 Å². The molecule has 124 valence electrons. The number of aromatic nitrogens is 2. The second kappa shape index (κ2) is 7.05. The summed E-state index contributed by atoms with van der Waals surface area (Å²) in [4.78, 5) is 4.44. The van der Waals surface area contributed by atoms with E-state index < -0.39 is 0 Å². The Morgan fingerprint density at radius 1 is 1.12 bits per heavy atom. The van der Waals surface area contributed by atoms with Crippen LogP contribution in [-0.2, 0) is 6.54 Å². The van der Waals surface area contributed by atoms with Crippen molar-refractivity contribution in [3.63, 3.8) is 0 Å². The van der Waals surface area contributed by atoms with Gasteiger partial charge in [-0.15, -0.1) is 0 Å². The number of ether oxygens (including phenoxy) is 2. The Kier molecular flexibility index (Phi) is 4.85. The third-order valence-electron chi connectivity index (χ3n) is 3.64. The fourth-order valence-electron chi connectivity index (χ4n) is 2.64. The Morgan fingerprint density at radius 2 is 1.83 bits per heavy atom. The van der Waals surface area contributed by atoms with Crippen molar-refractivity contribution in [3.8, 4) is 22.9 Å². The van der Waals surface area contributed by atoms with Crippen molar-refractivity contribution < 1.29 is 13.9 Å². The molecule has 0 spiro atoms. The van der Waals surface area contributed by atoms with Gasteiger partial charge in [0.15, 0.2) is 0 Å². The molecule has 0 aliphatic heterocycles. The third kappa shape index (κ3) is 3.28. The summed E-state index contributed by atoms with van der Waals surface area (Å²) in [6.07, 6.45) is 3.55. The Balaban J connectivity index is 2.05. The summed E-state index contributed by atoms with van der Waals surface area (Å²) in [5.74, 6) is 1.75. The highest BCUT2D eigenvalue weighted by Gasteiger charge is 2.17. The first-order valence-corrected chi connectivity index (χ1v) is 8.09. The van der Waals surface area contributed by atoms with Crippen molar-refractivity contribution in [3.05, 3.63) is 64.6 Å². The largest absolute Gasteiger partial charge is 0.496 e. The molecular weight excluding hydrogens is 375 g/mol. The standard InChI is InChI=1S/C18H16BrFN2O2/c1-23-15-4-3-5-16(24-2)17(15)18-21-6-7-22(18)11-12-8-13(19)10-14(20)9-12/h3-10H,11H2,1-2H3. The minimum Gasteiger partial charge on any atom is -0.496 e. The number of rotatable bonds is 5. The first-order chi connectivity index (χ1) is 11.6. The number of nitrogens with zero attached hydrogens (tertiary/aromatic N) is 2. The summed E-state index contributed by atoms with van der Waals surface area (Å²) in [6, 6.07) is 10.4. The summed E-state index contributed by atoms with van der Waals surface area (Å²) < 4.78 is 27.2. The van der Waals surface area contributed by atoms with E-state index in [9.17, 15) is 4.39 Å². The molecule has 0 aliphatic rings. The molecule has 1 aromatic heterocycles. The van der Waals surface area contributed by atoms with Crippen LogP contribution in [0.1, 0.15) is 5.56 Å². The molecular formula is C18H16BrFN2O2. The number of hydrogen-bond acceptors (Lipinski definition) is 3. The van der Waals surface area contributed by atoms with Crippen LogP contribution < -0.4 is 9.47 Å². The zero-order chi connectivity index (χ0) is 17.1. The molecule has 4 nitrogen and oxygen atoms in total. The second-order valence-electron chi connectivity index (χ2n) is 5.19.